The summed E-state index contributed by atoms with van der Waals surface area (Å²) in [7, 11) is 0. The van der Waals surface area contributed by atoms with E-state index in [0.717, 1.165) is 44.6 Å². The van der Waals surface area contributed by atoms with Gasteiger partial charge in [0.1, 0.15) is 11.4 Å². The van der Waals surface area contributed by atoms with Crippen molar-refractivity contribution in [3.63, 3.8) is 0 Å². The molecule has 4 heteroatoms. The fourth-order valence-electron chi connectivity index (χ4n) is 2.48. The molecule has 0 saturated heterocycles. The van der Waals surface area contributed by atoms with Crippen LogP contribution in [0.5, 0.6) is 0 Å². The number of hydrogen-bond acceptors (Lipinski definition) is 3. The molecule has 0 spiro atoms. The van der Waals surface area contributed by atoms with Crippen LogP contribution in [0, 0.1) is 17.1 Å². The normalized spacial score (nSPS) is 13.5. The van der Waals surface area contributed by atoms with Crippen LogP contribution in [0.1, 0.15) is 40.0 Å². The molecule has 1 N–H and O–H groups in total. The highest BCUT2D eigenvalue weighted by atomic mass is 19.1. The van der Waals surface area contributed by atoms with Gasteiger partial charge in [-0.1, -0.05) is 6.92 Å². The summed E-state index contributed by atoms with van der Waals surface area (Å²) < 4.78 is 12.9. The van der Waals surface area contributed by atoms with Crippen LogP contribution in [0.15, 0.2) is 24.3 Å². The van der Waals surface area contributed by atoms with Gasteiger partial charge in [0.25, 0.3) is 0 Å². The number of nitrogens with zero attached hydrogens (tertiary/aromatic N) is 2. The number of benzene rings is 1. The predicted molar refractivity (Wildman–Crippen MR) is 85.8 cm³/mol. The molecule has 0 radical (unpaired) electrons. The minimum atomic E-state index is -0.429. The molecular weight excluding hydrogens is 265 g/mol. The average Bonchev–Trinajstić information content (AvgIpc) is 2.49. The number of nitrogens with one attached hydrogen (secondary N) is 1. The van der Waals surface area contributed by atoms with Crippen LogP contribution in [0.2, 0.25) is 0 Å². The molecule has 0 amide bonds. The molecule has 0 fully saturated rings. The molecule has 0 aromatic heterocycles. The second-order valence-corrected chi connectivity index (χ2v) is 5.49. The third-order valence-corrected chi connectivity index (χ3v) is 3.74. The molecule has 21 heavy (non-hydrogen) atoms. The Morgan fingerprint density at radius 2 is 1.90 bits per heavy atom. The Hall–Kier alpha value is -1.60. The van der Waals surface area contributed by atoms with Gasteiger partial charge < -0.3 is 4.90 Å². The van der Waals surface area contributed by atoms with Crippen LogP contribution < -0.4 is 10.2 Å². The van der Waals surface area contributed by atoms with Crippen molar-refractivity contribution in [2.75, 3.05) is 24.5 Å². The summed E-state index contributed by atoms with van der Waals surface area (Å²) in [5, 5.41) is 12.4. The van der Waals surface area contributed by atoms with Crippen LogP contribution in [-0.2, 0) is 0 Å². The van der Waals surface area contributed by atoms with Crippen LogP contribution in [0.25, 0.3) is 0 Å². The van der Waals surface area contributed by atoms with E-state index in [-0.39, 0.29) is 5.82 Å². The minimum absolute atomic E-state index is 0.203. The molecule has 3 nitrogen and oxygen atoms in total. The van der Waals surface area contributed by atoms with Gasteiger partial charge in [0.2, 0.25) is 0 Å². The summed E-state index contributed by atoms with van der Waals surface area (Å²) >= 11 is 0. The fourth-order valence-corrected chi connectivity index (χ4v) is 2.48. The molecule has 1 rings (SSSR count). The maximum Gasteiger partial charge on any atom is 0.123 e. The quantitative estimate of drug-likeness (QED) is 0.705. The lowest BCUT2D eigenvalue weighted by atomic mass is 9.96. The van der Waals surface area contributed by atoms with Crippen LogP contribution in [0.4, 0.5) is 10.1 Å². The number of anilines is 1. The van der Waals surface area contributed by atoms with Crippen LogP contribution in [0.3, 0.4) is 0 Å². The van der Waals surface area contributed by atoms with Crippen molar-refractivity contribution in [1.29, 1.82) is 5.26 Å². The number of nitriles is 1. The Balaban J connectivity index is 2.43. The molecule has 0 aliphatic rings. The van der Waals surface area contributed by atoms with Gasteiger partial charge in [-0.25, -0.2) is 4.39 Å². The van der Waals surface area contributed by atoms with E-state index in [4.69, 9.17) is 0 Å². The summed E-state index contributed by atoms with van der Waals surface area (Å²) in [4.78, 5) is 2.23. The minimum Gasteiger partial charge on any atom is -0.372 e. The first-order chi connectivity index (χ1) is 10.0. The van der Waals surface area contributed by atoms with Crippen molar-refractivity contribution in [2.45, 2.75) is 45.6 Å². The molecule has 0 heterocycles. The molecule has 0 aliphatic carbocycles. The standard InChI is InChI=1S/C17H26FN3/c1-4-20-17(3,14-19)12-6-7-13-21(5-2)16-10-8-15(18)9-11-16/h8-11,20H,4-7,12-13H2,1-3H3. The number of unbranched alkanes of at least 4 members (excludes halogenated alkanes) is 1. The first-order valence-corrected chi connectivity index (χ1v) is 7.71. The molecule has 1 atom stereocenters. The highest BCUT2D eigenvalue weighted by Gasteiger charge is 2.21. The van der Waals surface area contributed by atoms with Gasteiger partial charge in [-0.15, -0.1) is 0 Å². The Morgan fingerprint density at radius 1 is 1.24 bits per heavy atom. The number of hydrogen-bond donors (Lipinski definition) is 1. The Kier molecular flexibility index (Phi) is 7.18. The van der Waals surface area contributed by atoms with Gasteiger partial charge in [-0.2, -0.15) is 5.26 Å². The summed E-state index contributed by atoms with van der Waals surface area (Å²) in [6, 6.07) is 8.98. The fraction of sp³-hybridized carbons (Fsp3) is 0.588. The van der Waals surface area contributed by atoms with Crippen molar-refractivity contribution < 1.29 is 4.39 Å². The Labute approximate surface area is 127 Å². The van der Waals surface area contributed by atoms with Gasteiger partial charge in [0.05, 0.1) is 6.07 Å². The lowest BCUT2D eigenvalue weighted by molar-refractivity contribution is 0.411. The summed E-state index contributed by atoms with van der Waals surface area (Å²) in [5.74, 6) is -0.203. The Bertz CT molecular complexity index is 452. The van der Waals surface area contributed by atoms with E-state index in [9.17, 15) is 9.65 Å². The number of rotatable bonds is 9. The maximum absolute atomic E-state index is 12.9. The summed E-state index contributed by atoms with van der Waals surface area (Å²) in [6.45, 7) is 8.70. The molecule has 116 valence electrons. The van der Waals surface area contributed by atoms with E-state index >= 15 is 0 Å². The third kappa shape index (κ3) is 5.73. The topological polar surface area (TPSA) is 39.1 Å². The highest BCUT2D eigenvalue weighted by Crippen LogP contribution is 2.17. The highest BCUT2D eigenvalue weighted by molar-refractivity contribution is 5.45. The Morgan fingerprint density at radius 3 is 2.43 bits per heavy atom. The predicted octanol–water partition coefficient (Wildman–Crippen LogP) is 3.71. The first kappa shape index (κ1) is 17.5. The van der Waals surface area contributed by atoms with Crippen molar-refractivity contribution in [3.05, 3.63) is 30.1 Å². The van der Waals surface area contributed by atoms with Crippen LogP contribution >= 0.6 is 0 Å². The second kappa shape index (κ2) is 8.63. The van der Waals surface area contributed by atoms with E-state index < -0.39 is 5.54 Å². The molecule has 1 aromatic carbocycles. The maximum atomic E-state index is 12.9. The lowest BCUT2D eigenvalue weighted by Crippen LogP contribution is -2.40. The van der Waals surface area contributed by atoms with E-state index in [1.165, 1.54) is 12.1 Å². The SMILES string of the molecule is CCNC(C)(C#N)CCCCN(CC)c1ccc(F)cc1. The zero-order valence-electron chi connectivity index (χ0n) is 13.3. The van der Waals surface area contributed by atoms with Crippen LogP contribution in [-0.4, -0.2) is 25.2 Å². The average molecular weight is 291 g/mol. The molecular formula is C17H26FN3. The monoisotopic (exact) mass is 291 g/mol. The number of halogens is 1. The zero-order chi connectivity index (χ0) is 15.7. The van der Waals surface area contributed by atoms with E-state index in [1.54, 1.807) is 0 Å². The molecule has 1 unspecified atom stereocenters. The van der Waals surface area contributed by atoms with Gasteiger partial charge >= 0.3 is 0 Å². The summed E-state index contributed by atoms with van der Waals surface area (Å²) in [6.07, 6.45) is 2.86. The van der Waals surface area contributed by atoms with Crippen molar-refractivity contribution in [2.24, 2.45) is 0 Å². The van der Waals surface area contributed by atoms with Crippen molar-refractivity contribution in [1.82, 2.24) is 5.32 Å². The molecule has 0 bridgehead atoms. The third-order valence-electron chi connectivity index (χ3n) is 3.74. The van der Waals surface area contributed by atoms with Gasteiger partial charge in [-0.05, 0) is 63.9 Å². The smallest absolute Gasteiger partial charge is 0.123 e. The largest absolute Gasteiger partial charge is 0.372 e. The van der Waals surface area contributed by atoms with Gasteiger partial charge in [-0.3, -0.25) is 5.32 Å². The van der Waals surface area contributed by atoms with Gasteiger partial charge in [0, 0.05) is 18.8 Å². The lowest BCUT2D eigenvalue weighted by Gasteiger charge is -2.25. The second-order valence-electron chi connectivity index (χ2n) is 5.49. The first-order valence-electron chi connectivity index (χ1n) is 7.71. The van der Waals surface area contributed by atoms with E-state index in [0.29, 0.717) is 0 Å². The molecule has 0 aliphatic heterocycles. The van der Waals surface area contributed by atoms with E-state index in [1.807, 2.05) is 26.0 Å². The zero-order valence-corrected chi connectivity index (χ0v) is 13.3. The van der Waals surface area contributed by atoms with E-state index in [2.05, 4.69) is 23.2 Å². The molecule has 1 aromatic rings. The van der Waals surface area contributed by atoms with Crippen molar-refractivity contribution >= 4 is 5.69 Å². The summed E-state index contributed by atoms with van der Waals surface area (Å²) in [5.41, 5.74) is 0.621. The van der Waals surface area contributed by atoms with Gasteiger partial charge in [0.15, 0.2) is 0 Å². The van der Waals surface area contributed by atoms with Crippen molar-refractivity contribution in [3.8, 4) is 6.07 Å². The molecule has 0 saturated carbocycles.